The number of hydrogen-bond donors (Lipinski definition) is 2. The van der Waals surface area contributed by atoms with Gasteiger partial charge < -0.3 is 14.5 Å². The lowest BCUT2D eigenvalue weighted by Crippen LogP contribution is -2.41. The summed E-state index contributed by atoms with van der Waals surface area (Å²) in [5.74, 6) is -1.17. The zero-order valence-corrected chi connectivity index (χ0v) is 23.0. The van der Waals surface area contributed by atoms with Gasteiger partial charge in [-0.1, -0.05) is 35.3 Å². The van der Waals surface area contributed by atoms with Crippen molar-refractivity contribution < 1.29 is 27.2 Å². The summed E-state index contributed by atoms with van der Waals surface area (Å²) < 4.78 is 39.3. The zero-order valence-electron chi connectivity index (χ0n) is 20.7. The van der Waals surface area contributed by atoms with Crippen LogP contribution < -0.4 is 10.7 Å². The molecule has 1 atom stereocenters. The van der Waals surface area contributed by atoms with E-state index in [2.05, 4.69) is 15.8 Å². The summed E-state index contributed by atoms with van der Waals surface area (Å²) >= 11 is 11.9. The number of furan rings is 1. The van der Waals surface area contributed by atoms with Crippen molar-refractivity contribution >= 4 is 51.3 Å². The number of hydrazone groups is 1. The third-order valence-corrected chi connectivity index (χ3v) is 8.13. The number of amides is 2. The van der Waals surface area contributed by atoms with Crippen LogP contribution in [0, 0.1) is 0 Å². The Kier molecular flexibility index (Phi) is 9.76. The van der Waals surface area contributed by atoms with Gasteiger partial charge >= 0.3 is 11.8 Å². The van der Waals surface area contributed by atoms with Crippen LogP contribution >= 0.6 is 23.2 Å². The van der Waals surface area contributed by atoms with E-state index >= 15 is 0 Å². The molecular weight excluding hydrogens is 567 g/mol. The molecule has 0 aliphatic carbocycles. The second-order valence-electron chi connectivity index (χ2n) is 8.70. The highest BCUT2D eigenvalue weighted by Gasteiger charge is 2.26. The summed E-state index contributed by atoms with van der Waals surface area (Å²) in [6, 6.07) is 15.9. The van der Waals surface area contributed by atoms with Gasteiger partial charge in [0.05, 0.1) is 23.8 Å². The fourth-order valence-electron chi connectivity index (χ4n) is 3.80. The number of nitrogens with zero attached hydrogens (tertiary/aromatic N) is 2. The Hall–Kier alpha value is -3.22. The number of sulfonamides is 1. The highest BCUT2D eigenvalue weighted by atomic mass is 35.5. The van der Waals surface area contributed by atoms with Crippen LogP contribution in [0.4, 0.5) is 0 Å². The van der Waals surface area contributed by atoms with Gasteiger partial charge in [-0.3, -0.25) is 9.59 Å². The minimum Gasteiger partial charge on any atom is -0.459 e. The van der Waals surface area contributed by atoms with E-state index in [-0.39, 0.29) is 36.4 Å². The lowest BCUT2D eigenvalue weighted by atomic mass is 10.2. The Morgan fingerprint density at radius 1 is 0.974 bits per heavy atom. The maximum absolute atomic E-state index is 13.5. The molecule has 0 bridgehead atoms. The van der Waals surface area contributed by atoms with Gasteiger partial charge in [0.2, 0.25) is 10.0 Å². The molecule has 2 amide bonds. The van der Waals surface area contributed by atoms with Crippen molar-refractivity contribution in [3.05, 3.63) is 87.8 Å². The molecule has 0 unspecified atom stereocenters. The third-order valence-electron chi connectivity index (χ3n) is 5.82. The summed E-state index contributed by atoms with van der Waals surface area (Å²) in [6.45, 7) is 0.875. The maximum atomic E-state index is 13.5. The van der Waals surface area contributed by atoms with Gasteiger partial charge in [0.25, 0.3) is 0 Å². The lowest BCUT2D eigenvalue weighted by molar-refractivity contribution is -0.139. The van der Waals surface area contributed by atoms with Crippen molar-refractivity contribution in [3.63, 3.8) is 0 Å². The van der Waals surface area contributed by atoms with Crippen molar-refractivity contribution in [1.82, 2.24) is 15.0 Å². The molecule has 3 aromatic rings. The summed E-state index contributed by atoms with van der Waals surface area (Å²) in [5, 5.41) is 7.20. The summed E-state index contributed by atoms with van der Waals surface area (Å²) in [7, 11) is -3.93. The first-order valence-corrected chi connectivity index (χ1v) is 14.2. The van der Waals surface area contributed by atoms with Gasteiger partial charge in [-0.2, -0.15) is 9.41 Å². The van der Waals surface area contributed by atoms with Crippen LogP contribution in [0.25, 0.3) is 0 Å². The quantitative estimate of drug-likeness (QED) is 0.209. The Morgan fingerprint density at radius 2 is 1.67 bits per heavy atom. The first-order valence-electron chi connectivity index (χ1n) is 12.0. The SMILES string of the molecule is O=C(NC[C@@H]1CCCO1)C(=O)N/N=C/c1ccc(CN(Cc2ccc(Cl)cc2)S(=O)(=O)c2ccc(Cl)cc2)o1. The Bertz CT molecular complexity index is 1420. The molecule has 2 N–H and O–H groups in total. The molecule has 0 spiro atoms. The molecule has 0 saturated carbocycles. The van der Waals surface area contributed by atoms with Gasteiger partial charge in [-0.25, -0.2) is 13.8 Å². The maximum Gasteiger partial charge on any atom is 0.329 e. The highest BCUT2D eigenvalue weighted by Crippen LogP contribution is 2.24. The second-order valence-corrected chi connectivity index (χ2v) is 11.5. The Labute approximate surface area is 236 Å². The minimum atomic E-state index is -3.93. The van der Waals surface area contributed by atoms with E-state index in [1.165, 1.54) is 34.8 Å². The van der Waals surface area contributed by atoms with Crippen LogP contribution in [0.3, 0.4) is 0 Å². The van der Waals surface area contributed by atoms with Crippen LogP contribution in [0.1, 0.15) is 29.9 Å². The van der Waals surface area contributed by atoms with Gasteiger partial charge in [0.1, 0.15) is 11.5 Å². The number of carbonyl (C=O) groups excluding carboxylic acids is 2. The second kappa shape index (κ2) is 13.2. The topological polar surface area (TPSA) is 130 Å². The standard InChI is InChI=1S/C26H26Cl2N4O6S/c27-19-5-3-18(4-6-19)16-32(39(35,36)24-11-7-20(28)8-12-24)17-23-10-9-22(38-23)15-30-31-26(34)25(33)29-14-21-2-1-13-37-21/h3-12,15,21H,1-2,13-14,16-17H2,(H,29,33)(H,31,34)/b30-15+/t21-/m0/s1. The lowest BCUT2D eigenvalue weighted by Gasteiger charge is -2.21. The van der Waals surface area contributed by atoms with Crippen molar-refractivity contribution in [2.45, 2.75) is 36.9 Å². The van der Waals surface area contributed by atoms with Crippen molar-refractivity contribution in [2.24, 2.45) is 5.10 Å². The Balaban J connectivity index is 1.41. The van der Waals surface area contributed by atoms with Crippen molar-refractivity contribution in [1.29, 1.82) is 0 Å². The summed E-state index contributed by atoms with van der Waals surface area (Å²) in [4.78, 5) is 23.9. The van der Waals surface area contributed by atoms with E-state index < -0.39 is 21.8 Å². The molecule has 0 radical (unpaired) electrons. The largest absolute Gasteiger partial charge is 0.459 e. The normalized spacial score (nSPS) is 15.6. The van der Waals surface area contributed by atoms with Gasteiger partial charge in [-0.15, -0.1) is 0 Å². The smallest absolute Gasteiger partial charge is 0.329 e. The average Bonchev–Trinajstić information content (AvgIpc) is 3.60. The van der Waals surface area contributed by atoms with Crippen LogP contribution in [0.2, 0.25) is 10.0 Å². The van der Waals surface area contributed by atoms with Gasteiger partial charge in [-0.05, 0) is 66.9 Å². The van der Waals surface area contributed by atoms with Crippen LogP contribution in [0.5, 0.6) is 0 Å². The van der Waals surface area contributed by atoms with Crippen LogP contribution in [-0.4, -0.2) is 50.0 Å². The first kappa shape index (κ1) is 28.8. The van der Waals surface area contributed by atoms with E-state index in [4.69, 9.17) is 32.4 Å². The number of hydrogen-bond acceptors (Lipinski definition) is 7. The summed E-state index contributed by atoms with van der Waals surface area (Å²) in [6.07, 6.45) is 2.88. The van der Waals surface area contributed by atoms with Crippen molar-refractivity contribution in [3.8, 4) is 0 Å². The van der Waals surface area contributed by atoms with Crippen LogP contribution in [-0.2, 0) is 37.4 Å². The molecule has 13 heteroatoms. The van der Waals surface area contributed by atoms with E-state index in [9.17, 15) is 18.0 Å². The number of carbonyl (C=O) groups is 2. The molecule has 39 heavy (non-hydrogen) atoms. The molecule has 1 fully saturated rings. The molecule has 2 heterocycles. The summed E-state index contributed by atoms with van der Waals surface area (Å²) in [5.41, 5.74) is 2.86. The molecule has 1 aromatic heterocycles. The molecule has 10 nitrogen and oxygen atoms in total. The fourth-order valence-corrected chi connectivity index (χ4v) is 5.44. The predicted octanol–water partition coefficient (Wildman–Crippen LogP) is 3.72. The average molecular weight is 593 g/mol. The fraction of sp³-hybridized carbons (Fsp3) is 0.269. The van der Waals surface area contributed by atoms with Crippen LogP contribution in [0.15, 0.2) is 75.1 Å². The van der Waals surface area contributed by atoms with E-state index in [1.807, 2.05) is 0 Å². The zero-order chi connectivity index (χ0) is 27.8. The molecular formula is C26H26Cl2N4O6S. The number of nitrogens with one attached hydrogen (secondary N) is 2. The Morgan fingerprint density at radius 3 is 2.33 bits per heavy atom. The van der Waals surface area contributed by atoms with Crippen molar-refractivity contribution in [2.75, 3.05) is 13.2 Å². The predicted molar refractivity (Wildman–Crippen MR) is 146 cm³/mol. The van der Waals surface area contributed by atoms with E-state index in [1.54, 1.807) is 36.4 Å². The molecule has 1 aliphatic heterocycles. The molecule has 2 aromatic carbocycles. The highest BCUT2D eigenvalue weighted by molar-refractivity contribution is 7.89. The monoisotopic (exact) mass is 592 g/mol. The molecule has 4 rings (SSSR count). The van der Waals surface area contributed by atoms with E-state index in [0.717, 1.165) is 18.4 Å². The van der Waals surface area contributed by atoms with E-state index in [0.29, 0.717) is 22.4 Å². The number of halogens is 2. The number of rotatable bonds is 10. The number of ether oxygens (including phenoxy) is 1. The molecule has 206 valence electrons. The minimum absolute atomic E-state index is 0.0588. The molecule has 1 saturated heterocycles. The third kappa shape index (κ3) is 8.13. The van der Waals surface area contributed by atoms with Gasteiger partial charge in [0, 0.05) is 29.7 Å². The van der Waals surface area contributed by atoms with Gasteiger partial charge in [0.15, 0.2) is 0 Å². The molecule has 1 aliphatic rings. The first-order chi connectivity index (χ1) is 18.7. The number of benzene rings is 2.